The molecule has 0 unspecified atom stereocenters. The summed E-state index contributed by atoms with van der Waals surface area (Å²) in [6, 6.07) is 9.30. The molecule has 2 rings (SSSR count). The van der Waals surface area contributed by atoms with Crippen LogP contribution in [0.4, 0.5) is 13.2 Å². The average Bonchev–Trinajstić information content (AvgIpc) is 2.53. The molecular formula is C19H19ClF3NO2Si. The minimum Gasteiger partial charge on any atom is -0.532 e. The van der Waals surface area contributed by atoms with E-state index in [9.17, 15) is 13.2 Å². The topological polar surface area (TPSA) is 30.8 Å². The van der Waals surface area contributed by atoms with Gasteiger partial charge in [-0.2, -0.15) is 13.2 Å². The first-order valence-corrected chi connectivity index (χ1v) is 11.8. The summed E-state index contributed by atoms with van der Waals surface area (Å²) in [5.74, 6) is 0.926. The van der Waals surface area contributed by atoms with Crippen LogP contribution in [0.2, 0.25) is 24.7 Å². The molecule has 0 aromatic heterocycles. The van der Waals surface area contributed by atoms with Crippen LogP contribution in [0.25, 0.3) is 0 Å². The van der Waals surface area contributed by atoms with Crippen LogP contribution in [0.1, 0.15) is 11.1 Å². The van der Waals surface area contributed by atoms with Crippen LogP contribution >= 0.6 is 11.6 Å². The monoisotopic (exact) mass is 413 g/mol. The van der Waals surface area contributed by atoms with Crippen molar-refractivity contribution in [3.05, 3.63) is 71.1 Å². The van der Waals surface area contributed by atoms with Gasteiger partial charge in [0, 0.05) is 16.8 Å². The van der Waals surface area contributed by atoms with Gasteiger partial charge in [0.15, 0.2) is 5.88 Å². The maximum Gasteiger partial charge on any atom is 0.416 e. The second-order valence-corrected chi connectivity index (χ2v) is 11.5. The van der Waals surface area contributed by atoms with Gasteiger partial charge in [0.25, 0.3) is 0 Å². The van der Waals surface area contributed by atoms with E-state index in [2.05, 4.69) is 11.6 Å². The fourth-order valence-electron chi connectivity index (χ4n) is 2.07. The molecule has 8 heteroatoms. The fraction of sp³-hybridized carbons (Fsp3) is 0.211. The summed E-state index contributed by atoms with van der Waals surface area (Å²) in [6.07, 6.45) is -2.90. The van der Waals surface area contributed by atoms with Crippen molar-refractivity contribution in [2.24, 2.45) is 4.99 Å². The zero-order valence-corrected chi connectivity index (χ0v) is 16.9. The molecule has 0 heterocycles. The highest BCUT2D eigenvalue weighted by Crippen LogP contribution is 2.32. The molecule has 144 valence electrons. The van der Waals surface area contributed by atoms with Crippen molar-refractivity contribution in [1.29, 1.82) is 0 Å². The zero-order valence-electron chi connectivity index (χ0n) is 15.1. The number of hydrogen-bond acceptors (Lipinski definition) is 3. The standard InChI is InChI=1S/C19H19ClF3NO2Si/c1-13(26-27(2,3)4)24-12-14-11-16(20)7-10-18(14)25-17-8-5-15(6-9-17)19(21,22)23/h5-12H,1H2,2-4H3/b24-12+. The minimum absolute atomic E-state index is 0.261. The molecule has 0 saturated carbocycles. The number of ether oxygens (including phenoxy) is 1. The summed E-state index contributed by atoms with van der Waals surface area (Å²) in [6.45, 7) is 9.78. The first kappa shape index (κ1) is 21.1. The molecule has 0 bridgehead atoms. The second-order valence-electron chi connectivity index (χ2n) is 6.67. The van der Waals surface area contributed by atoms with Crippen molar-refractivity contribution in [1.82, 2.24) is 0 Å². The van der Waals surface area contributed by atoms with E-state index in [0.29, 0.717) is 16.3 Å². The first-order chi connectivity index (χ1) is 12.4. The number of rotatable bonds is 6. The van der Waals surface area contributed by atoms with Gasteiger partial charge in [-0.3, -0.25) is 0 Å². The maximum atomic E-state index is 12.7. The van der Waals surface area contributed by atoms with Crippen molar-refractivity contribution in [3.63, 3.8) is 0 Å². The van der Waals surface area contributed by atoms with Crippen LogP contribution in [-0.4, -0.2) is 14.5 Å². The molecule has 0 amide bonds. The molecule has 0 aliphatic carbocycles. The molecule has 2 aromatic rings. The van der Waals surface area contributed by atoms with E-state index in [4.69, 9.17) is 20.8 Å². The molecule has 0 N–H and O–H groups in total. The van der Waals surface area contributed by atoms with E-state index in [1.165, 1.54) is 18.3 Å². The predicted molar refractivity (Wildman–Crippen MR) is 104 cm³/mol. The minimum atomic E-state index is -4.40. The van der Waals surface area contributed by atoms with Gasteiger partial charge < -0.3 is 9.16 Å². The third-order valence-corrected chi connectivity index (χ3v) is 4.24. The number of hydrogen-bond donors (Lipinski definition) is 0. The molecular weight excluding hydrogens is 395 g/mol. The summed E-state index contributed by atoms with van der Waals surface area (Å²) < 4.78 is 49.3. The van der Waals surface area contributed by atoms with E-state index >= 15 is 0 Å². The number of benzene rings is 2. The van der Waals surface area contributed by atoms with Crippen LogP contribution in [0.15, 0.2) is 59.9 Å². The summed E-state index contributed by atoms with van der Waals surface area (Å²) in [5.41, 5.74) is -0.199. The van der Waals surface area contributed by atoms with Gasteiger partial charge in [0.1, 0.15) is 11.5 Å². The van der Waals surface area contributed by atoms with Gasteiger partial charge in [-0.05, 0) is 68.7 Å². The molecule has 0 radical (unpaired) electrons. The normalized spacial score (nSPS) is 12.3. The third kappa shape index (κ3) is 6.76. The number of alkyl halides is 3. The molecule has 27 heavy (non-hydrogen) atoms. The van der Waals surface area contributed by atoms with Gasteiger partial charge in [-0.25, -0.2) is 4.99 Å². The van der Waals surface area contributed by atoms with E-state index in [1.54, 1.807) is 18.2 Å². The lowest BCUT2D eigenvalue weighted by molar-refractivity contribution is -0.137. The second kappa shape index (κ2) is 8.18. The van der Waals surface area contributed by atoms with E-state index in [1.807, 2.05) is 19.6 Å². The Morgan fingerprint density at radius 1 is 1.11 bits per heavy atom. The Kier molecular flexibility index (Phi) is 6.38. The largest absolute Gasteiger partial charge is 0.532 e. The Morgan fingerprint density at radius 3 is 2.30 bits per heavy atom. The van der Waals surface area contributed by atoms with Crippen LogP contribution in [0, 0.1) is 0 Å². The Bertz CT molecular complexity index is 844. The molecule has 0 saturated heterocycles. The predicted octanol–water partition coefficient (Wildman–Crippen LogP) is 6.89. The molecule has 0 aliphatic heterocycles. The van der Waals surface area contributed by atoms with Gasteiger partial charge in [-0.15, -0.1) is 0 Å². The van der Waals surface area contributed by atoms with E-state index < -0.39 is 20.1 Å². The number of aliphatic imine (C=N–C) groups is 1. The molecule has 3 nitrogen and oxygen atoms in total. The molecule has 0 aliphatic rings. The molecule has 2 aromatic carbocycles. The first-order valence-electron chi connectivity index (χ1n) is 8.01. The van der Waals surface area contributed by atoms with Gasteiger partial charge in [0.2, 0.25) is 8.32 Å². The summed E-state index contributed by atoms with van der Waals surface area (Å²) in [7, 11) is -1.83. The zero-order chi connectivity index (χ0) is 20.2. The highest BCUT2D eigenvalue weighted by molar-refractivity contribution is 6.70. The van der Waals surface area contributed by atoms with Gasteiger partial charge in [0.05, 0.1) is 5.56 Å². The Labute approximate surface area is 162 Å². The van der Waals surface area contributed by atoms with Gasteiger partial charge in [-0.1, -0.05) is 11.6 Å². The summed E-state index contributed by atoms with van der Waals surface area (Å²) in [5, 5.41) is 0.466. The highest BCUT2D eigenvalue weighted by atomic mass is 35.5. The Hall–Kier alpha value is -2.25. The summed E-state index contributed by atoms with van der Waals surface area (Å²) >= 11 is 6.02. The van der Waals surface area contributed by atoms with Crippen LogP contribution in [0.5, 0.6) is 11.5 Å². The molecule has 0 fully saturated rings. The summed E-state index contributed by atoms with van der Waals surface area (Å²) in [4.78, 5) is 4.18. The van der Waals surface area contributed by atoms with Gasteiger partial charge >= 0.3 is 6.18 Å². The van der Waals surface area contributed by atoms with Crippen molar-refractivity contribution in [2.75, 3.05) is 0 Å². The Morgan fingerprint density at radius 2 is 1.74 bits per heavy atom. The molecule has 0 spiro atoms. The lowest BCUT2D eigenvalue weighted by Crippen LogP contribution is -2.24. The smallest absolute Gasteiger partial charge is 0.416 e. The van der Waals surface area contributed by atoms with Crippen molar-refractivity contribution in [2.45, 2.75) is 25.8 Å². The third-order valence-electron chi connectivity index (χ3n) is 3.15. The van der Waals surface area contributed by atoms with Crippen LogP contribution < -0.4 is 4.74 Å². The SMILES string of the molecule is C=C(/N=C/c1cc(Cl)ccc1Oc1ccc(C(F)(F)F)cc1)O[Si](C)(C)C. The number of halogens is 4. The van der Waals surface area contributed by atoms with Crippen molar-refractivity contribution >= 4 is 26.1 Å². The van der Waals surface area contributed by atoms with Crippen molar-refractivity contribution in [3.8, 4) is 11.5 Å². The van der Waals surface area contributed by atoms with E-state index in [0.717, 1.165) is 12.1 Å². The van der Waals surface area contributed by atoms with E-state index in [-0.39, 0.29) is 11.6 Å². The molecule has 0 atom stereocenters. The average molecular weight is 414 g/mol. The lowest BCUT2D eigenvalue weighted by Gasteiger charge is -2.18. The van der Waals surface area contributed by atoms with Crippen LogP contribution in [0.3, 0.4) is 0 Å². The Balaban J connectivity index is 2.22. The maximum absolute atomic E-state index is 12.7. The van der Waals surface area contributed by atoms with Crippen molar-refractivity contribution < 1.29 is 22.3 Å². The fourth-order valence-corrected chi connectivity index (χ4v) is 3.01. The lowest BCUT2D eigenvalue weighted by atomic mass is 10.2. The highest BCUT2D eigenvalue weighted by Gasteiger charge is 2.30. The van der Waals surface area contributed by atoms with Crippen LogP contribution in [-0.2, 0) is 10.6 Å². The number of nitrogens with zero attached hydrogens (tertiary/aromatic N) is 1. The quantitative estimate of drug-likeness (QED) is 0.293.